The van der Waals surface area contributed by atoms with Crippen molar-refractivity contribution in [1.29, 1.82) is 0 Å². The summed E-state index contributed by atoms with van der Waals surface area (Å²) in [5.74, 6) is 0. The molecular weight excluding hydrogens is 713 g/mol. The molecule has 0 N–H and O–H groups in total. The minimum atomic E-state index is 0.855. The lowest BCUT2D eigenvalue weighted by Crippen LogP contribution is -1.96. The van der Waals surface area contributed by atoms with Gasteiger partial charge in [-0.2, -0.15) is 0 Å². The van der Waals surface area contributed by atoms with Crippen molar-refractivity contribution >= 4 is 87.7 Å². The van der Waals surface area contributed by atoms with E-state index < -0.39 is 0 Å². The normalized spacial score (nSPS) is 12.1. The largest absolute Gasteiger partial charge is 0.456 e. The van der Waals surface area contributed by atoms with Crippen LogP contribution >= 0.6 is 0 Å². The zero-order valence-electron chi connectivity index (χ0n) is 30.9. The van der Waals surface area contributed by atoms with Crippen LogP contribution in [0.2, 0.25) is 0 Å². The molecule has 0 aliphatic heterocycles. The summed E-state index contributed by atoms with van der Waals surface area (Å²) in [4.78, 5) is 10.1. The van der Waals surface area contributed by atoms with Gasteiger partial charge >= 0.3 is 0 Å². The van der Waals surface area contributed by atoms with Crippen molar-refractivity contribution in [3.63, 3.8) is 0 Å². The fraction of sp³-hybridized carbons (Fsp3) is 0. The van der Waals surface area contributed by atoms with E-state index >= 15 is 0 Å². The highest BCUT2D eigenvalue weighted by atomic mass is 16.3. The van der Waals surface area contributed by atoms with Crippen molar-refractivity contribution in [3.05, 3.63) is 182 Å². The van der Waals surface area contributed by atoms with E-state index in [4.69, 9.17) is 18.8 Å². The molecule has 13 rings (SSSR count). The van der Waals surface area contributed by atoms with Crippen molar-refractivity contribution in [1.82, 2.24) is 19.1 Å². The molecule has 0 unspecified atom stereocenters. The number of benzene rings is 7. The van der Waals surface area contributed by atoms with Gasteiger partial charge in [-0.1, -0.05) is 91.0 Å². The van der Waals surface area contributed by atoms with Gasteiger partial charge in [-0.3, -0.25) is 9.97 Å². The van der Waals surface area contributed by atoms with Crippen LogP contribution in [0.25, 0.3) is 121 Å². The first-order chi connectivity index (χ1) is 28.8. The summed E-state index contributed by atoms with van der Waals surface area (Å²) in [6.45, 7) is 0. The molecule has 0 bridgehead atoms. The lowest BCUT2D eigenvalue weighted by molar-refractivity contribution is 0.668. The first kappa shape index (κ1) is 31.3. The molecule has 0 amide bonds. The Hall–Kier alpha value is -7.96. The van der Waals surface area contributed by atoms with Gasteiger partial charge in [0.15, 0.2) is 0 Å². The third-order valence-corrected chi connectivity index (χ3v) is 11.8. The predicted molar refractivity (Wildman–Crippen MR) is 236 cm³/mol. The van der Waals surface area contributed by atoms with Gasteiger partial charge < -0.3 is 18.0 Å². The van der Waals surface area contributed by atoms with Crippen LogP contribution in [0.5, 0.6) is 0 Å². The highest BCUT2D eigenvalue weighted by molar-refractivity contribution is 6.20. The zero-order valence-corrected chi connectivity index (χ0v) is 30.9. The van der Waals surface area contributed by atoms with Crippen LogP contribution in [0.4, 0.5) is 0 Å². The molecule has 0 atom stereocenters. The molecule has 0 saturated heterocycles. The number of fused-ring (bicyclic) bond motifs is 12. The molecule has 0 radical (unpaired) electrons. The minimum Gasteiger partial charge on any atom is -0.456 e. The smallest absolute Gasteiger partial charge is 0.135 e. The summed E-state index contributed by atoms with van der Waals surface area (Å²) in [6, 6.07) is 59.8. The Morgan fingerprint density at radius 2 is 0.966 bits per heavy atom. The van der Waals surface area contributed by atoms with E-state index in [2.05, 4.69) is 149 Å². The van der Waals surface area contributed by atoms with Crippen molar-refractivity contribution < 1.29 is 8.83 Å². The van der Waals surface area contributed by atoms with Gasteiger partial charge in [-0.25, -0.2) is 0 Å². The number of furan rings is 2. The average Bonchev–Trinajstić information content (AvgIpc) is 4.03. The molecule has 0 aliphatic rings. The van der Waals surface area contributed by atoms with Gasteiger partial charge in [0.2, 0.25) is 0 Å². The van der Waals surface area contributed by atoms with Crippen molar-refractivity contribution in [2.24, 2.45) is 0 Å². The molecule has 6 heterocycles. The summed E-state index contributed by atoms with van der Waals surface area (Å²) in [6.07, 6.45) is 3.88. The van der Waals surface area contributed by atoms with Crippen molar-refractivity contribution in [3.8, 4) is 33.6 Å². The average molecular weight is 743 g/mol. The number of hydrogen-bond acceptors (Lipinski definition) is 4. The topological polar surface area (TPSA) is 61.9 Å². The number of hydrogen-bond donors (Lipinski definition) is 0. The third-order valence-electron chi connectivity index (χ3n) is 11.8. The minimum absolute atomic E-state index is 0.855. The zero-order chi connectivity index (χ0) is 37.9. The Kier molecular flexibility index (Phi) is 6.35. The van der Waals surface area contributed by atoms with E-state index in [1.807, 2.05) is 42.7 Å². The summed E-state index contributed by atoms with van der Waals surface area (Å²) in [5.41, 5.74) is 16.0. The van der Waals surface area contributed by atoms with Crippen LogP contribution in [0.3, 0.4) is 0 Å². The molecule has 0 fully saturated rings. The lowest BCUT2D eigenvalue weighted by atomic mass is 9.91. The van der Waals surface area contributed by atoms with Crippen LogP contribution < -0.4 is 0 Å². The molecular formula is C52H30N4O2. The van der Waals surface area contributed by atoms with Gasteiger partial charge in [0.25, 0.3) is 0 Å². The molecule has 6 aromatic heterocycles. The summed E-state index contributed by atoms with van der Waals surface area (Å²) in [7, 11) is 0. The summed E-state index contributed by atoms with van der Waals surface area (Å²) >= 11 is 0. The van der Waals surface area contributed by atoms with Crippen LogP contribution in [0.1, 0.15) is 0 Å². The van der Waals surface area contributed by atoms with Gasteiger partial charge in [0.05, 0.1) is 22.1 Å². The van der Waals surface area contributed by atoms with Crippen molar-refractivity contribution in [2.45, 2.75) is 0 Å². The first-order valence-corrected chi connectivity index (χ1v) is 19.5. The first-order valence-electron chi connectivity index (χ1n) is 19.5. The van der Waals surface area contributed by atoms with E-state index in [0.717, 1.165) is 111 Å². The van der Waals surface area contributed by atoms with Gasteiger partial charge in [0, 0.05) is 67.2 Å². The van der Waals surface area contributed by atoms with Crippen LogP contribution in [0.15, 0.2) is 191 Å². The van der Waals surface area contributed by atoms with Crippen LogP contribution in [-0.4, -0.2) is 19.1 Å². The SMILES string of the molecule is c1ccc(-c2ccc3c(c2-c2cnc4c5ncccc5n(-c5ccc6oc7ccccc7c6c5)c4c2)c2ccccc2n3-c2ccc3oc4ccccc4c3c2)cc1. The molecule has 6 heteroatoms. The van der Waals surface area contributed by atoms with Crippen molar-refractivity contribution in [2.75, 3.05) is 0 Å². The Morgan fingerprint density at radius 3 is 1.69 bits per heavy atom. The highest BCUT2D eigenvalue weighted by Crippen LogP contribution is 2.45. The van der Waals surface area contributed by atoms with Gasteiger partial charge in [0.1, 0.15) is 33.4 Å². The number of para-hydroxylation sites is 3. The Labute approximate surface area is 330 Å². The molecule has 13 aromatic rings. The van der Waals surface area contributed by atoms with E-state index in [0.29, 0.717) is 0 Å². The van der Waals surface area contributed by atoms with E-state index in [-0.39, 0.29) is 0 Å². The Balaban J connectivity index is 1.12. The number of rotatable bonds is 4. The Morgan fingerprint density at radius 1 is 0.379 bits per heavy atom. The van der Waals surface area contributed by atoms with E-state index in [1.165, 1.54) is 10.8 Å². The molecule has 0 spiro atoms. The maximum atomic E-state index is 6.25. The lowest BCUT2D eigenvalue weighted by Gasteiger charge is -2.15. The van der Waals surface area contributed by atoms with Crippen LogP contribution in [-0.2, 0) is 0 Å². The number of nitrogens with zero attached hydrogens (tertiary/aromatic N) is 4. The third kappa shape index (κ3) is 4.37. The summed E-state index contributed by atoms with van der Waals surface area (Å²) < 4.78 is 17.2. The molecule has 6 nitrogen and oxygen atoms in total. The second-order valence-electron chi connectivity index (χ2n) is 15.0. The van der Waals surface area contributed by atoms with Gasteiger partial charge in [-0.05, 0) is 90.0 Å². The fourth-order valence-corrected chi connectivity index (χ4v) is 9.31. The molecule has 58 heavy (non-hydrogen) atoms. The predicted octanol–water partition coefficient (Wildman–Crippen LogP) is 13.8. The quantitative estimate of drug-likeness (QED) is 0.180. The second-order valence-corrected chi connectivity index (χ2v) is 15.0. The molecule has 270 valence electrons. The molecule has 0 aliphatic carbocycles. The number of aromatic nitrogens is 4. The molecule has 7 aromatic carbocycles. The monoisotopic (exact) mass is 742 g/mol. The standard InChI is InChI=1S/C52H30N4O2/c1-2-11-31(12-3-1)35-22-23-42-50(38-15-4-7-16-41(38)55(42)33-20-24-47-39(28-33)36-13-5-8-18-45(36)57-47)49(35)32-27-44-52(54-30-32)51-43(17-10-26-53-51)56(44)34-21-25-48-40(29-34)37-14-6-9-19-46(37)58-48/h1-30H. The maximum absolute atomic E-state index is 6.25. The van der Waals surface area contributed by atoms with Crippen LogP contribution in [0, 0.1) is 0 Å². The molecule has 0 saturated carbocycles. The maximum Gasteiger partial charge on any atom is 0.135 e. The van der Waals surface area contributed by atoms with E-state index in [1.54, 1.807) is 0 Å². The summed E-state index contributed by atoms with van der Waals surface area (Å²) in [5, 5.41) is 6.70. The second kappa shape index (κ2) is 11.8. The Bertz CT molecular complexity index is 3810. The fourth-order valence-electron chi connectivity index (χ4n) is 9.31. The van der Waals surface area contributed by atoms with E-state index in [9.17, 15) is 0 Å². The van der Waals surface area contributed by atoms with Gasteiger partial charge in [-0.15, -0.1) is 0 Å². The number of pyridine rings is 2. The highest BCUT2D eigenvalue weighted by Gasteiger charge is 2.23.